The molecule has 0 aliphatic heterocycles. The van der Waals surface area contributed by atoms with Crippen LogP contribution in [0.4, 0.5) is 11.4 Å². The van der Waals surface area contributed by atoms with Gasteiger partial charge in [0.1, 0.15) is 0 Å². The monoisotopic (exact) mass is 264 g/mol. The van der Waals surface area contributed by atoms with E-state index in [1.807, 2.05) is 13.8 Å². The van der Waals surface area contributed by atoms with E-state index in [0.717, 1.165) is 0 Å². The summed E-state index contributed by atoms with van der Waals surface area (Å²) in [5, 5.41) is 0. The molecule has 0 aliphatic carbocycles. The quantitative estimate of drug-likeness (QED) is 0.641. The minimum Gasteiger partial charge on any atom is -0.399 e. The molecule has 1 rings (SSSR count). The van der Waals surface area contributed by atoms with Crippen molar-refractivity contribution in [3.8, 4) is 0 Å². The summed E-state index contributed by atoms with van der Waals surface area (Å²) in [5.74, 6) is -0.742. The first kappa shape index (κ1) is 14.8. The van der Waals surface area contributed by atoms with Crippen LogP contribution in [-0.4, -0.2) is 24.9 Å². The van der Waals surface area contributed by atoms with E-state index in [2.05, 4.69) is 0 Å². The summed E-state index contributed by atoms with van der Waals surface area (Å²) < 4.78 is 0. The van der Waals surface area contributed by atoms with Gasteiger partial charge in [-0.2, -0.15) is 0 Å². The van der Waals surface area contributed by atoms with Crippen LogP contribution in [-0.2, 0) is 4.79 Å². The third-order valence-electron chi connectivity index (χ3n) is 2.56. The van der Waals surface area contributed by atoms with Crippen molar-refractivity contribution in [2.45, 2.75) is 13.8 Å². The van der Waals surface area contributed by atoms with Gasteiger partial charge in [0, 0.05) is 12.2 Å². The van der Waals surface area contributed by atoms with Crippen molar-refractivity contribution in [1.82, 2.24) is 0 Å². The Morgan fingerprint density at radius 2 is 1.89 bits per heavy atom. The predicted octanol–water partition coefficient (Wildman–Crippen LogP) is 0.315. The molecule has 2 amide bonds. The molecule has 0 spiro atoms. The van der Waals surface area contributed by atoms with Crippen molar-refractivity contribution < 1.29 is 9.59 Å². The predicted molar refractivity (Wildman–Crippen MR) is 75.6 cm³/mol. The fourth-order valence-electron chi connectivity index (χ4n) is 1.90. The lowest BCUT2D eigenvalue weighted by Crippen LogP contribution is -2.37. The molecule has 1 aromatic rings. The summed E-state index contributed by atoms with van der Waals surface area (Å²) >= 11 is 0. The van der Waals surface area contributed by atoms with Crippen molar-refractivity contribution in [3.05, 3.63) is 23.8 Å². The summed E-state index contributed by atoms with van der Waals surface area (Å²) in [7, 11) is 0. The van der Waals surface area contributed by atoms with Gasteiger partial charge >= 0.3 is 0 Å². The highest BCUT2D eigenvalue weighted by molar-refractivity contribution is 6.00. The molecule has 0 saturated carbocycles. The number of primary amides is 2. The number of nitrogen functional groups attached to an aromatic ring is 1. The molecule has 1 aromatic carbocycles. The first-order valence-corrected chi connectivity index (χ1v) is 6.03. The minimum absolute atomic E-state index is 0.0158. The lowest BCUT2D eigenvalue weighted by molar-refractivity contribution is -0.116. The van der Waals surface area contributed by atoms with E-state index in [-0.39, 0.29) is 6.54 Å². The summed E-state index contributed by atoms with van der Waals surface area (Å²) in [5.41, 5.74) is 17.7. The largest absolute Gasteiger partial charge is 0.399 e. The van der Waals surface area contributed by atoms with E-state index in [0.29, 0.717) is 29.4 Å². The molecule has 0 aromatic heterocycles. The van der Waals surface area contributed by atoms with E-state index >= 15 is 0 Å². The standard InChI is InChI=1S/C13H20N4O2/c1-8(2)6-17(7-12(15)18)11-5-9(14)3-4-10(11)13(16)19/h3-5,8H,6-7,14H2,1-2H3,(H2,15,18)(H2,16,19). The average molecular weight is 264 g/mol. The lowest BCUT2D eigenvalue weighted by Gasteiger charge is -2.27. The smallest absolute Gasteiger partial charge is 0.250 e. The second-order valence-electron chi connectivity index (χ2n) is 4.88. The van der Waals surface area contributed by atoms with Crippen molar-refractivity contribution in [3.63, 3.8) is 0 Å². The van der Waals surface area contributed by atoms with Gasteiger partial charge < -0.3 is 22.1 Å². The molecule has 0 radical (unpaired) electrons. The Balaban J connectivity index is 3.22. The van der Waals surface area contributed by atoms with E-state index in [1.165, 1.54) is 0 Å². The Bertz CT molecular complexity index is 486. The number of anilines is 2. The molecular weight excluding hydrogens is 244 g/mol. The summed E-state index contributed by atoms with van der Waals surface area (Å²) in [6.07, 6.45) is 0. The Hall–Kier alpha value is -2.24. The molecule has 0 fully saturated rings. The Kier molecular flexibility index (Phi) is 4.74. The first-order chi connectivity index (χ1) is 8.81. The maximum atomic E-state index is 11.4. The normalized spacial score (nSPS) is 10.5. The summed E-state index contributed by atoms with van der Waals surface area (Å²) in [6.45, 7) is 4.60. The Morgan fingerprint density at radius 1 is 1.26 bits per heavy atom. The fourth-order valence-corrected chi connectivity index (χ4v) is 1.90. The zero-order chi connectivity index (χ0) is 14.6. The zero-order valence-electron chi connectivity index (χ0n) is 11.2. The van der Waals surface area contributed by atoms with E-state index in [9.17, 15) is 9.59 Å². The number of carbonyl (C=O) groups is 2. The highest BCUT2D eigenvalue weighted by Crippen LogP contribution is 2.24. The molecule has 6 nitrogen and oxygen atoms in total. The van der Waals surface area contributed by atoms with Crippen LogP contribution in [0.5, 0.6) is 0 Å². The highest BCUT2D eigenvalue weighted by Gasteiger charge is 2.17. The van der Waals surface area contributed by atoms with Gasteiger partial charge in [0.05, 0.1) is 17.8 Å². The number of nitrogens with zero attached hydrogens (tertiary/aromatic N) is 1. The number of amides is 2. The number of rotatable bonds is 6. The van der Waals surface area contributed by atoms with Gasteiger partial charge in [-0.25, -0.2) is 0 Å². The fraction of sp³-hybridized carbons (Fsp3) is 0.385. The van der Waals surface area contributed by atoms with Crippen molar-refractivity contribution in [2.24, 2.45) is 17.4 Å². The second kappa shape index (κ2) is 6.08. The number of benzene rings is 1. The van der Waals surface area contributed by atoms with Crippen molar-refractivity contribution in [1.29, 1.82) is 0 Å². The SMILES string of the molecule is CC(C)CN(CC(N)=O)c1cc(N)ccc1C(N)=O. The van der Waals surface area contributed by atoms with Crippen LogP contribution < -0.4 is 22.1 Å². The van der Waals surface area contributed by atoms with Crippen LogP contribution in [0.1, 0.15) is 24.2 Å². The molecule has 6 N–H and O–H groups in total. The Labute approximate surface area is 112 Å². The van der Waals surface area contributed by atoms with Crippen LogP contribution in [0.3, 0.4) is 0 Å². The molecule has 0 aliphatic rings. The first-order valence-electron chi connectivity index (χ1n) is 6.03. The van der Waals surface area contributed by atoms with Crippen LogP contribution in [0.15, 0.2) is 18.2 Å². The van der Waals surface area contributed by atoms with Gasteiger partial charge in [-0.15, -0.1) is 0 Å². The van der Waals surface area contributed by atoms with Gasteiger partial charge in [0.25, 0.3) is 5.91 Å². The van der Waals surface area contributed by atoms with Crippen LogP contribution in [0.25, 0.3) is 0 Å². The van der Waals surface area contributed by atoms with Gasteiger partial charge in [-0.3, -0.25) is 9.59 Å². The molecule has 0 unspecified atom stereocenters. The van der Waals surface area contributed by atoms with Crippen molar-refractivity contribution in [2.75, 3.05) is 23.7 Å². The van der Waals surface area contributed by atoms with Crippen LogP contribution in [0, 0.1) is 5.92 Å². The topological polar surface area (TPSA) is 115 Å². The van der Waals surface area contributed by atoms with Crippen LogP contribution >= 0.6 is 0 Å². The zero-order valence-corrected chi connectivity index (χ0v) is 11.2. The maximum Gasteiger partial charge on any atom is 0.250 e. The summed E-state index contributed by atoms with van der Waals surface area (Å²) in [6, 6.07) is 4.79. The molecule has 6 heteroatoms. The van der Waals surface area contributed by atoms with E-state index in [1.54, 1.807) is 23.1 Å². The number of hydrogen-bond acceptors (Lipinski definition) is 4. The van der Waals surface area contributed by atoms with Gasteiger partial charge in [0.2, 0.25) is 5.91 Å². The molecule has 0 heterocycles. The molecule has 19 heavy (non-hydrogen) atoms. The highest BCUT2D eigenvalue weighted by atomic mass is 16.1. The number of hydrogen-bond donors (Lipinski definition) is 3. The third-order valence-corrected chi connectivity index (χ3v) is 2.56. The van der Waals surface area contributed by atoms with Gasteiger partial charge in [-0.05, 0) is 24.1 Å². The Morgan fingerprint density at radius 3 is 2.37 bits per heavy atom. The maximum absolute atomic E-state index is 11.4. The molecule has 0 bridgehead atoms. The second-order valence-corrected chi connectivity index (χ2v) is 4.88. The third kappa shape index (κ3) is 4.17. The molecular formula is C13H20N4O2. The van der Waals surface area contributed by atoms with Gasteiger partial charge in [-0.1, -0.05) is 13.8 Å². The summed E-state index contributed by atoms with van der Waals surface area (Å²) in [4.78, 5) is 24.3. The van der Waals surface area contributed by atoms with E-state index in [4.69, 9.17) is 17.2 Å². The molecule has 0 saturated heterocycles. The molecule has 0 atom stereocenters. The number of nitrogens with two attached hydrogens (primary N) is 3. The molecule has 104 valence electrons. The van der Waals surface area contributed by atoms with E-state index < -0.39 is 11.8 Å². The lowest BCUT2D eigenvalue weighted by atomic mass is 10.1. The van der Waals surface area contributed by atoms with Crippen molar-refractivity contribution >= 4 is 23.2 Å². The minimum atomic E-state index is -0.562. The van der Waals surface area contributed by atoms with Crippen LogP contribution in [0.2, 0.25) is 0 Å². The van der Waals surface area contributed by atoms with Gasteiger partial charge in [0.15, 0.2) is 0 Å². The number of carbonyl (C=O) groups excluding carboxylic acids is 2. The average Bonchev–Trinajstić information content (AvgIpc) is 2.26.